The van der Waals surface area contributed by atoms with E-state index in [9.17, 15) is 0 Å². The molecule has 1 heterocycles. The van der Waals surface area contributed by atoms with E-state index in [1.165, 1.54) is 33.2 Å². The molecule has 104 valence electrons. The number of rotatable bonds is 2. The van der Waals surface area contributed by atoms with Crippen molar-refractivity contribution in [2.75, 3.05) is 0 Å². The lowest BCUT2D eigenvalue weighted by molar-refractivity contribution is -0.644. The molecule has 0 saturated carbocycles. The highest BCUT2D eigenvalue weighted by Gasteiger charge is 2.06. The molecular formula is C20H20N+. The number of hydrogen-bond acceptors (Lipinski definition) is 0. The summed E-state index contributed by atoms with van der Waals surface area (Å²) in [5, 5.41) is 1.28. The van der Waals surface area contributed by atoms with Crippen molar-refractivity contribution in [1.29, 1.82) is 0 Å². The number of hydrogen-bond donors (Lipinski definition) is 0. The maximum Gasteiger partial charge on any atom is 0.212 e. The third-order valence-corrected chi connectivity index (χ3v) is 4.06. The van der Waals surface area contributed by atoms with E-state index in [-0.39, 0.29) is 0 Å². The molecule has 0 aliphatic rings. The van der Waals surface area contributed by atoms with Crippen LogP contribution in [0.1, 0.15) is 22.3 Å². The van der Waals surface area contributed by atoms with Gasteiger partial charge in [-0.25, -0.2) is 4.57 Å². The fraction of sp³-hybridized carbons (Fsp3) is 0.150. The Morgan fingerprint density at radius 1 is 0.857 bits per heavy atom. The fourth-order valence-electron chi connectivity index (χ4n) is 2.59. The number of aryl methyl sites for hydroxylation is 3. The Morgan fingerprint density at radius 3 is 2.48 bits per heavy atom. The molecule has 0 aliphatic carbocycles. The molecule has 3 rings (SSSR count). The first kappa shape index (κ1) is 13.6. The molecule has 0 atom stereocenters. The van der Waals surface area contributed by atoms with Gasteiger partial charge in [0, 0.05) is 12.1 Å². The van der Waals surface area contributed by atoms with Crippen LogP contribution >= 0.6 is 0 Å². The monoisotopic (exact) mass is 274 g/mol. The number of nitrogens with zero attached hydrogens (tertiary/aromatic N) is 1. The normalized spacial score (nSPS) is 11.4. The Morgan fingerprint density at radius 2 is 1.67 bits per heavy atom. The van der Waals surface area contributed by atoms with Crippen molar-refractivity contribution in [2.24, 2.45) is 7.05 Å². The summed E-state index contributed by atoms with van der Waals surface area (Å²) < 4.78 is 2.16. The Hall–Kier alpha value is -2.41. The summed E-state index contributed by atoms with van der Waals surface area (Å²) in [6, 6.07) is 17.3. The van der Waals surface area contributed by atoms with Crippen LogP contribution in [0.5, 0.6) is 0 Å². The van der Waals surface area contributed by atoms with E-state index in [1.807, 2.05) is 0 Å². The molecule has 0 N–H and O–H groups in total. The lowest BCUT2D eigenvalue weighted by Crippen LogP contribution is -2.28. The van der Waals surface area contributed by atoms with Gasteiger partial charge in [-0.05, 0) is 42.2 Å². The van der Waals surface area contributed by atoms with Crippen molar-refractivity contribution in [3.63, 3.8) is 0 Å². The molecule has 0 spiro atoms. The number of pyridine rings is 1. The van der Waals surface area contributed by atoms with E-state index in [0.29, 0.717) is 0 Å². The standard InChI is InChI=1S/C20H20N/c1-15-8-9-17(14-16(15)2)10-11-18-12-13-21(3)20-7-5-4-6-19(18)20/h4-14H,1-3H3/q+1. The van der Waals surface area contributed by atoms with Gasteiger partial charge < -0.3 is 0 Å². The van der Waals surface area contributed by atoms with Crippen LogP contribution in [0, 0.1) is 13.8 Å². The first-order valence-electron chi connectivity index (χ1n) is 7.28. The second-order valence-corrected chi connectivity index (χ2v) is 5.58. The summed E-state index contributed by atoms with van der Waals surface area (Å²) in [7, 11) is 2.08. The van der Waals surface area contributed by atoms with Crippen molar-refractivity contribution in [3.8, 4) is 0 Å². The maximum atomic E-state index is 2.23. The number of fused-ring (bicyclic) bond motifs is 1. The Balaban J connectivity index is 2.03. The van der Waals surface area contributed by atoms with Crippen LogP contribution in [-0.2, 0) is 7.05 Å². The zero-order valence-electron chi connectivity index (χ0n) is 12.8. The van der Waals surface area contributed by atoms with Crippen molar-refractivity contribution in [2.45, 2.75) is 13.8 Å². The van der Waals surface area contributed by atoms with Gasteiger partial charge in [-0.1, -0.05) is 42.5 Å². The Labute approximate surface area is 126 Å². The topological polar surface area (TPSA) is 3.88 Å². The predicted molar refractivity (Wildman–Crippen MR) is 90.0 cm³/mol. The van der Waals surface area contributed by atoms with E-state index in [1.54, 1.807) is 0 Å². The summed E-state index contributed by atoms with van der Waals surface area (Å²) in [5.41, 5.74) is 6.42. The zero-order valence-corrected chi connectivity index (χ0v) is 12.8. The maximum absolute atomic E-state index is 2.23. The molecule has 0 fully saturated rings. The minimum atomic E-state index is 1.25. The van der Waals surface area contributed by atoms with Gasteiger partial charge in [0.25, 0.3) is 0 Å². The number of benzene rings is 2. The minimum absolute atomic E-state index is 1.25. The Kier molecular flexibility index (Phi) is 3.57. The van der Waals surface area contributed by atoms with Gasteiger partial charge in [-0.15, -0.1) is 0 Å². The van der Waals surface area contributed by atoms with E-state index in [2.05, 4.69) is 92.3 Å². The molecule has 1 aromatic heterocycles. The fourth-order valence-corrected chi connectivity index (χ4v) is 2.59. The summed E-state index contributed by atoms with van der Waals surface area (Å²) in [6.07, 6.45) is 6.50. The molecule has 21 heavy (non-hydrogen) atoms. The van der Waals surface area contributed by atoms with Crippen LogP contribution in [0.4, 0.5) is 0 Å². The molecule has 1 nitrogen and oxygen atoms in total. The van der Waals surface area contributed by atoms with E-state index >= 15 is 0 Å². The van der Waals surface area contributed by atoms with Gasteiger partial charge in [0.15, 0.2) is 6.20 Å². The van der Waals surface area contributed by atoms with Crippen LogP contribution in [0.3, 0.4) is 0 Å². The molecule has 1 heteroatoms. The molecule has 0 saturated heterocycles. The first-order chi connectivity index (χ1) is 10.1. The zero-order chi connectivity index (χ0) is 14.8. The van der Waals surface area contributed by atoms with Gasteiger partial charge in [0.2, 0.25) is 5.52 Å². The van der Waals surface area contributed by atoms with Crippen LogP contribution in [0.15, 0.2) is 54.7 Å². The molecule has 0 bridgehead atoms. The third-order valence-electron chi connectivity index (χ3n) is 4.06. The third kappa shape index (κ3) is 2.73. The van der Waals surface area contributed by atoms with Crippen molar-refractivity contribution >= 4 is 23.1 Å². The number of para-hydroxylation sites is 1. The second-order valence-electron chi connectivity index (χ2n) is 5.58. The Bertz CT molecular complexity index is 828. The molecule has 0 unspecified atom stereocenters. The second kappa shape index (κ2) is 5.53. The van der Waals surface area contributed by atoms with Gasteiger partial charge in [0.05, 0.1) is 5.39 Å². The van der Waals surface area contributed by atoms with Gasteiger partial charge in [-0.3, -0.25) is 0 Å². The van der Waals surface area contributed by atoms with E-state index in [4.69, 9.17) is 0 Å². The minimum Gasteiger partial charge on any atom is -0.201 e. The average molecular weight is 274 g/mol. The van der Waals surface area contributed by atoms with Crippen LogP contribution in [-0.4, -0.2) is 0 Å². The molecular weight excluding hydrogens is 254 g/mol. The lowest BCUT2D eigenvalue weighted by atomic mass is 10.0. The van der Waals surface area contributed by atoms with Gasteiger partial charge in [0.1, 0.15) is 7.05 Å². The van der Waals surface area contributed by atoms with Crippen molar-refractivity contribution in [3.05, 3.63) is 77.0 Å². The predicted octanol–water partition coefficient (Wildman–Crippen LogP) is 4.45. The SMILES string of the molecule is Cc1ccc(C=Cc2cc[n+](C)c3ccccc23)cc1C. The van der Waals surface area contributed by atoms with Crippen molar-refractivity contribution in [1.82, 2.24) is 0 Å². The van der Waals surface area contributed by atoms with E-state index < -0.39 is 0 Å². The molecule has 0 aliphatic heterocycles. The number of aromatic nitrogens is 1. The summed E-state index contributed by atoms with van der Waals surface area (Å²) in [6.45, 7) is 4.30. The summed E-state index contributed by atoms with van der Waals surface area (Å²) >= 11 is 0. The van der Waals surface area contributed by atoms with Gasteiger partial charge >= 0.3 is 0 Å². The van der Waals surface area contributed by atoms with Crippen LogP contribution in [0.25, 0.3) is 23.1 Å². The highest BCUT2D eigenvalue weighted by molar-refractivity contribution is 5.88. The molecule has 0 amide bonds. The van der Waals surface area contributed by atoms with E-state index in [0.717, 1.165) is 0 Å². The highest BCUT2D eigenvalue weighted by Crippen LogP contribution is 2.18. The molecule has 0 radical (unpaired) electrons. The smallest absolute Gasteiger partial charge is 0.201 e. The largest absolute Gasteiger partial charge is 0.212 e. The lowest BCUT2D eigenvalue weighted by Gasteiger charge is -2.02. The van der Waals surface area contributed by atoms with Crippen molar-refractivity contribution < 1.29 is 4.57 Å². The highest BCUT2D eigenvalue weighted by atomic mass is 14.9. The summed E-state index contributed by atoms with van der Waals surface area (Å²) in [4.78, 5) is 0. The quantitative estimate of drug-likeness (QED) is 0.608. The van der Waals surface area contributed by atoms with Crippen LogP contribution in [0.2, 0.25) is 0 Å². The first-order valence-corrected chi connectivity index (χ1v) is 7.28. The van der Waals surface area contributed by atoms with Gasteiger partial charge in [-0.2, -0.15) is 0 Å². The van der Waals surface area contributed by atoms with Crippen LogP contribution < -0.4 is 4.57 Å². The summed E-state index contributed by atoms with van der Waals surface area (Å²) in [5.74, 6) is 0. The average Bonchev–Trinajstić information content (AvgIpc) is 2.50. The molecule has 2 aromatic carbocycles. The molecule has 3 aromatic rings.